The molecule has 3 aromatic carbocycles. The van der Waals surface area contributed by atoms with Crippen molar-refractivity contribution in [2.45, 2.75) is 19.4 Å². The molecule has 8 nitrogen and oxygen atoms in total. The molecule has 35 heavy (non-hydrogen) atoms. The lowest BCUT2D eigenvalue weighted by Crippen LogP contribution is -2.28. The van der Waals surface area contributed by atoms with Crippen molar-refractivity contribution in [2.75, 3.05) is 29.9 Å². The molecule has 0 saturated carbocycles. The molecule has 1 aliphatic heterocycles. The minimum Gasteiger partial charge on any atom is -0.485 e. The van der Waals surface area contributed by atoms with E-state index in [1.54, 1.807) is 18.2 Å². The van der Waals surface area contributed by atoms with Crippen LogP contribution in [0.4, 0.5) is 16.3 Å². The molecule has 0 atom stereocenters. The van der Waals surface area contributed by atoms with E-state index in [0.29, 0.717) is 29.1 Å². The first-order chi connectivity index (χ1) is 17.2. The van der Waals surface area contributed by atoms with Crippen LogP contribution < -0.4 is 20.3 Å². The highest BCUT2D eigenvalue weighted by Gasteiger charge is 2.14. The van der Waals surface area contributed by atoms with Gasteiger partial charge in [-0.25, -0.2) is 4.79 Å². The summed E-state index contributed by atoms with van der Waals surface area (Å²) in [4.78, 5) is 27.3. The molecule has 2 heterocycles. The Morgan fingerprint density at radius 3 is 2.51 bits per heavy atom. The number of nitrogens with one attached hydrogen (secondary N) is 3. The Morgan fingerprint density at radius 2 is 1.74 bits per heavy atom. The van der Waals surface area contributed by atoms with Crippen LogP contribution in [0.2, 0.25) is 0 Å². The Kier molecular flexibility index (Phi) is 6.61. The summed E-state index contributed by atoms with van der Waals surface area (Å²) in [5.74, 6) is 0.817. The molecule has 4 aromatic rings. The number of anilines is 2. The van der Waals surface area contributed by atoms with Crippen LogP contribution in [-0.4, -0.2) is 41.7 Å². The summed E-state index contributed by atoms with van der Waals surface area (Å²) in [7, 11) is 0. The summed E-state index contributed by atoms with van der Waals surface area (Å²) >= 11 is 0. The molecule has 178 valence electrons. The number of carbonyl (C=O) groups excluding carboxylic acids is 2. The van der Waals surface area contributed by atoms with Gasteiger partial charge in [0.2, 0.25) is 0 Å². The Labute approximate surface area is 203 Å². The van der Waals surface area contributed by atoms with Crippen LogP contribution in [0.25, 0.3) is 10.9 Å². The SMILES string of the molecule is O=C(NCc1ccccc1)Nc1n[nH]c2ccc(OCC(=O)c3ccc(N4CCCC4)cc3)cc12. The number of aromatic nitrogens is 2. The predicted molar refractivity (Wildman–Crippen MR) is 136 cm³/mol. The summed E-state index contributed by atoms with van der Waals surface area (Å²) in [6.45, 7) is 2.47. The number of ether oxygens (including phenoxy) is 1. The van der Waals surface area contributed by atoms with Gasteiger partial charge in [0.05, 0.1) is 5.52 Å². The maximum Gasteiger partial charge on any atom is 0.320 e. The fourth-order valence-electron chi connectivity index (χ4n) is 4.17. The second-order valence-electron chi connectivity index (χ2n) is 8.53. The van der Waals surface area contributed by atoms with Gasteiger partial charge < -0.3 is 15.0 Å². The number of hydrogen-bond donors (Lipinski definition) is 3. The number of aromatic amines is 1. The standard InChI is InChI=1S/C27H27N5O3/c33-25(20-8-10-21(11-9-20)32-14-4-5-15-32)18-35-22-12-13-24-23(16-22)26(31-30-24)29-27(34)28-17-19-6-2-1-3-7-19/h1-3,6-13,16H,4-5,14-15,17-18H2,(H3,28,29,30,31,34). The van der Waals surface area contributed by atoms with Crippen molar-refractivity contribution in [3.8, 4) is 5.75 Å². The molecular formula is C27H27N5O3. The molecule has 0 aliphatic carbocycles. The number of amides is 2. The van der Waals surface area contributed by atoms with Gasteiger partial charge in [0, 0.05) is 36.3 Å². The van der Waals surface area contributed by atoms with E-state index < -0.39 is 0 Å². The van der Waals surface area contributed by atoms with Crippen LogP contribution in [0.15, 0.2) is 72.8 Å². The van der Waals surface area contributed by atoms with Gasteiger partial charge in [0.15, 0.2) is 18.2 Å². The van der Waals surface area contributed by atoms with Crippen LogP contribution in [0.5, 0.6) is 5.75 Å². The zero-order valence-corrected chi connectivity index (χ0v) is 19.3. The second kappa shape index (κ2) is 10.3. The Hall–Kier alpha value is -4.33. The molecule has 1 aromatic heterocycles. The van der Waals surface area contributed by atoms with E-state index in [0.717, 1.165) is 29.9 Å². The molecule has 0 spiro atoms. The Bertz CT molecular complexity index is 1310. The maximum atomic E-state index is 12.6. The fraction of sp³-hybridized carbons (Fsp3) is 0.222. The highest BCUT2D eigenvalue weighted by molar-refractivity contribution is 6.00. The summed E-state index contributed by atoms with van der Waals surface area (Å²) in [6.07, 6.45) is 2.43. The summed E-state index contributed by atoms with van der Waals surface area (Å²) in [6, 6.07) is 22.3. The molecule has 1 aliphatic rings. The van der Waals surface area contributed by atoms with Gasteiger partial charge in [-0.1, -0.05) is 30.3 Å². The molecule has 5 rings (SSSR count). The largest absolute Gasteiger partial charge is 0.485 e. The van der Waals surface area contributed by atoms with Gasteiger partial charge in [-0.05, 0) is 60.9 Å². The number of Topliss-reactive ketones (excluding diaryl/α,β-unsaturated/α-hetero) is 1. The number of benzene rings is 3. The molecule has 0 bridgehead atoms. The number of H-pyrrole nitrogens is 1. The third-order valence-corrected chi connectivity index (χ3v) is 6.09. The molecule has 8 heteroatoms. The highest BCUT2D eigenvalue weighted by Crippen LogP contribution is 2.26. The van der Waals surface area contributed by atoms with E-state index in [-0.39, 0.29) is 18.4 Å². The lowest BCUT2D eigenvalue weighted by molar-refractivity contribution is 0.0921. The van der Waals surface area contributed by atoms with Crippen molar-refractivity contribution in [1.82, 2.24) is 15.5 Å². The number of nitrogens with zero attached hydrogens (tertiary/aromatic N) is 2. The van der Waals surface area contributed by atoms with E-state index in [4.69, 9.17) is 4.74 Å². The first-order valence-electron chi connectivity index (χ1n) is 11.7. The number of fused-ring (bicyclic) bond motifs is 1. The van der Waals surface area contributed by atoms with E-state index in [1.165, 1.54) is 12.8 Å². The Balaban J connectivity index is 1.19. The van der Waals surface area contributed by atoms with Crippen molar-refractivity contribution in [3.05, 3.63) is 83.9 Å². The smallest absolute Gasteiger partial charge is 0.320 e. The molecule has 2 amide bonds. The molecule has 0 unspecified atom stereocenters. The molecule has 1 fully saturated rings. The summed E-state index contributed by atoms with van der Waals surface area (Å²) in [5.41, 5.74) is 3.52. The maximum absolute atomic E-state index is 12.6. The highest BCUT2D eigenvalue weighted by atomic mass is 16.5. The molecule has 0 radical (unpaired) electrons. The monoisotopic (exact) mass is 469 g/mol. The van der Waals surface area contributed by atoms with E-state index >= 15 is 0 Å². The molecular weight excluding hydrogens is 442 g/mol. The topological polar surface area (TPSA) is 99.4 Å². The van der Waals surface area contributed by atoms with Gasteiger partial charge in [0.1, 0.15) is 5.75 Å². The predicted octanol–water partition coefficient (Wildman–Crippen LogP) is 4.75. The van der Waals surface area contributed by atoms with Gasteiger partial charge >= 0.3 is 6.03 Å². The van der Waals surface area contributed by atoms with Crippen molar-refractivity contribution in [3.63, 3.8) is 0 Å². The zero-order valence-electron chi connectivity index (χ0n) is 19.3. The van der Waals surface area contributed by atoms with Gasteiger partial charge in [-0.3, -0.25) is 15.2 Å². The molecule has 3 N–H and O–H groups in total. The van der Waals surface area contributed by atoms with Crippen molar-refractivity contribution in [2.24, 2.45) is 0 Å². The Morgan fingerprint density at radius 1 is 0.971 bits per heavy atom. The van der Waals surface area contributed by atoms with E-state index in [9.17, 15) is 9.59 Å². The van der Waals surface area contributed by atoms with Gasteiger partial charge in [-0.2, -0.15) is 5.10 Å². The van der Waals surface area contributed by atoms with Crippen molar-refractivity contribution in [1.29, 1.82) is 0 Å². The fourth-order valence-corrected chi connectivity index (χ4v) is 4.17. The quantitative estimate of drug-likeness (QED) is 0.324. The van der Waals surface area contributed by atoms with Crippen LogP contribution in [0.3, 0.4) is 0 Å². The van der Waals surface area contributed by atoms with E-state index in [1.807, 2.05) is 54.6 Å². The summed E-state index contributed by atoms with van der Waals surface area (Å²) in [5, 5.41) is 13.4. The van der Waals surface area contributed by atoms with Crippen LogP contribution in [-0.2, 0) is 6.54 Å². The van der Waals surface area contributed by atoms with Crippen LogP contribution in [0, 0.1) is 0 Å². The van der Waals surface area contributed by atoms with Crippen LogP contribution in [0.1, 0.15) is 28.8 Å². The molecule has 1 saturated heterocycles. The first-order valence-corrected chi connectivity index (χ1v) is 11.7. The van der Waals surface area contributed by atoms with Crippen molar-refractivity contribution >= 4 is 34.2 Å². The van der Waals surface area contributed by atoms with Gasteiger partial charge in [0.25, 0.3) is 0 Å². The minimum atomic E-state index is -0.360. The lowest BCUT2D eigenvalue weighted by Gasteiger charge is -2.17. The third kappa shape index (κ3) is 5.43. The average Bonchev–Trinajstić information content (AvgIpc) is 3.57. The zero-order chi connectivity index (χ0) is 24.0. The minimum absolute atomic E-state index is 0.0766. The average molecular weight is 470 g/mol. The lowest BCUT2D eigenvalue weighted by atomic mass is 10.1. The van der Waals surface area contributed by atoms with E-state index in [2.05, 4.69) is 25.7 Å². The first kappa shape index (κ1) is 22.5. The summed E-state index contributed by atoms with van der Waals surface area (Å²) < 4.78 is 5.77. The second-order valence-corrected chi connectivity index (χ2v) is 8.53. The van der Waals surface area contributed by atoms with Gasteiger partial charge in [-0.15, -0.1) is 0 Å². The number of carbonyl (C=O) groups is 2. The number of hydrogen-bond acceptors (Lipinski definition) is 5. The third-order valence-electron chi connectivity index (χ3n) is 6.09. The number of rotatable bonds is 8. The van der Waals surface area contributed by atoms with Crippen LogP contribution >= 0.6 is 0 Å². The van der Waals surface area contributed by atoms with Crippen molar-refractivity contribution < 1.29 is 14.3 Å². The number of ketones is 1. The number of urea groups is 1. The normalized spacial score (nSPS) is 13.1.